The van der Waals surface area contributed by atoms with Crippen LogP contribution in [-0.4, -0.2) is 39.6 Å². The van der Waals surface area contributed by atoms with Gasteiger partial charge < -0.3 is 19.9 Å². The van der Waals surface area contributed by atoms with Gasteiger partial charge in [-0.25, -0.2) is 4.39 Å². The highest BCUT2D eigenvalue weighted by atomic mass is 19.1. The van der Waals surface area contributed by atoms with Gasteiger partial charge in [0.1, 0.15) is 5.82 Å². The topological polar surface area (TPSA) is 53.7 Å². The van der Waals surface area contributed by atoms with Gasteiger partial charge in [-0.15, -0.1) is 0 Å². The van der Waals surface area contributed by atoms with Gasteiger partial charge in [-0.2, -0.15) is 0 Å². The fourth-order valence-electron chi connectivity index (χ4n) is 2.54. The highest BCUT2D eigenvalue weighted by Crippen LogP contribution is 2.06. The van der Waals surface area contributed by atoms with Crippen LogP contribution in [0, 0.1) is 5.82 Å². The first-order valence-corrected chi connectivity index (χ1v) is 10.0. The monoisotopic (exact) mass is 369 g/mol. The van der Waals surface area contributed by atoms with E-state index >= 15 is 0 Å². The van der Waals surface area contributed by atoms with Crippen molar-refractivity contribution in [2.45, 2.75) is 57.8 Å². The summed E-state index contributed by atoms with van der Waals surface area (Å²) in [6, 6.07) is 6.15. The molecule has 3 aliphatic heterocycles. The molecule has 5 heteroatoms. The van der Waals surface area contributed by atoms with Crippen LogP contribution < -0.4 is 5.73 Å². The molecular formula is C21H36FNO3. The van der Waals surface area contributed by atoms with Crippen molar-refractivity contribution in [2.75, 3.05) is 45.4 Å². The molecule has 1 aromatic rings. The molecule has 3 heterocycles. The number of nitrogen functional groups attached to an aromatic ring is 1. The van der Waals surface area contributed by atoms with Crippen LogP contribution in [0.4, 0.5) is 10.1 Å². The molecule has 150 valence electrons. The van der Waals surface area contributed by atoms with E-state index in [9.17, 15) is 4.39 Å². The Morgan fingerprint density at radius 1 is 0.577 bits per heavy atom. The largest absolute Gasteiger partial charge is 0.396 e. The van der Waals surface area contributed by atoms with Crippen LogP contribution in [0.2, 0.25) is 0 Å². The number of ether oxygens (including phenoxy) is 3. The Bertz CT molecular complexity index is 335. The van der Waals surface area contributed by atoms with Crippen LogP contribution in [0.3, 0.4) is 0 Å². The molecule has 0 aromatic heterocycles. The van der Waals surface area contributed by atoms with Crippen LogP contribution >= 0.6 is 0 Å². The molecule has 0 spiro atoms. The molecule has 0 aliphatic carbocycles. The molecule has 0 unspecified atom stereocenters. The highest BCUT2D eigenvalue weighted by Gasteiger charge is 1.96. The molecule has 2 N–H and O–H groups in total. The fraction of sp³-hybridized carbons (Fsp3) is 0.714. The van der Waals surface area contributed by atoms with E-state index in [1.165, 1.54) is 69.9 Å². The Labute approximate surface area is 158 Å². The van der Waals surface area contributed by atoms with E-state index < -0.39 is 0 Å². The molecule has 0 radical (unpaired) electrons. The lowest BCUT2D eigenvalue weighted by atomic mass is 10.2. The maximum Gasteiger partial charge on any atom is 0.146 e. The SMILES string of the molecule is C1CCOCC1.C1CCOCC1.C1CCOCC1.Nc1ccccc1F. The van der Waals surface area contributed by atoms with Crippen LogP contribution in [0.1, 0.15) is 57.8 Å². The minimum Gasteiger partial charge on any atom is -0.396 e. The molecule has 26 heavy (non-hydrogen) atoms. The summed E-state index contributed by atoms with van der Waals surface area (Å²) < 4.78 is 27.4. The van der Waals surface area contributed by atoms with Crippen molar-refractivity contribution in [3.63, 3.8) is 0 Å². The lowest BCUT2D eigenvalue weighted by Gasteiger charge is -2.08. The summed E-state index contributed by atoms with van der Waals surface area (Å²) >= 11 is 0. The van der Waals surface area contributed by atoms with Crippen LogP contribution in [-0.2, 0) is 14.2 Å². The lowest BCUT2D eigenvalue weighted by molar-refractivity contribution is 0.0967. The van der Waals surface area contributed by atoms with Crippen molar-refractivity contribution >= 4 is 5.69 Å². The maximum atomic E-state index is 12.2. The number of nitrogens with two attached hydrogens (primary N) is 1. The highest BCUT2D eigenvalue weighted by molar-refractivity contribution is 5.38. The molecule has 4 nitrogen and oxygen atoms in total. The number of para-hydroxylation sites is 1. The third-order valence-corrected chi connectivity index (χ3v) is 4.14. The normalized spacial score (nSPS) is 19.4. The minimum atomic E-state index is -0.354. The second-order valence-electron chi connectivity index (χ2n) is 6.54. The molecule has 4 rings (SSSR count). The Balaban J connectivity index is 0.000000175. The number of hydrogen-bond acceptors (Lipinski definition) is 4. The van der Waals surface area contributed by atoms with Crippen molar-refractivity contribution in [2.24, 2.45) is 0 Å². The van der Waals surface area contributed by atoms with Gasteiger partial charge in [-0.05, 0) is 69.9 Å². The lowest BCUT2D eigenvalue weighted by Crippen LogP contribution is -2.03. The Hall–Kier alpha value is -1.17. The van der Waals surface area contributed by atoms with E-state index in [4.69, 9.17) is 19.9 Å². The van der Waals surface area contributed by atoms with Gasteiger partial charge in [-0.3, -0.25) is 0 Å². The van der Waals surface area contributed by atoms with Gasteiger partial charge in [-0.1, -0.05) is 12.1 Å². The second-order valence-corrected chi connectivity index (χ2v) is 6.54. The van der Waals surface area contributed by atoms with Gasteiger partial charge in [0.05, 0.1) is 5.69 Å². The zero-order chi connectivity index (χ0) is 18.7. The quantitative estimate of drug-likeness (QED) is 0.656. The summed E-state index contributed by atoms with van der Waals surface area (Å²) in [6.07, 6.45) is 11.8. The van der Waals surface area contributed by atoms with Crippen LogP contribution in [0.5, 0.6) is 0 Å². The summed E-state index contributed by atoms with van der Waals surface area (Å²) in [6.45, 7) is 6.00. The summed E-state index contributed by atoms with van der Waals surface area (Å²) in [5.74, 6) is -0.354. The van der Waals surface area contributed by atoms with E-state index in [0.717, 1.165) is 39.6 Å². The molecule has 1 aromatic carbocycles. The van der Waals surface area contributed by atoms with E-state index in [1.54, 1.807) is 12.1 Å². The van der Waals surface area contributed by atoms with Gasteiger partial charge in [0, 0.05) is 39.6 Å². The molecule has 3 saturated heterocycles. The number of benzene rings is 1. The Kier molecular flexibility index (Phi) is 15.2. The minimum absolute atomic E-state index is 0.201. The number of anilines is 1. The molecule has 0 bridgehead atoms. The smallest absolute Gasteiger partial charge is 0.146 e. The summed E-state index contributed by atoms with van der Waals surface area (Å²) in [7, 11) is 0. The summed E-state index contributed by atoms with van der Waals surface area (Å²) in [4.78, 5) is 0. The average molecular weight is 370 g/mol. The van der Waals surface area contributed by atoms with Crippen LogP contribution in [0.25, 0.3) is 0 Å². The van der Waals surface area contributed by atoms with Crippen molar-refractivity contribution < 1.29 is 18.6 Å². The summed E-state index contributed by atoms with van der Waals surface area (Å²) in [5, 5.41) is 0. The number of hydrogen-bond donors (Lipinski definition) is 1. The van der Waals surface area contributed by atoms with Gasteiger partial charge in [0.2, 0.25) is 0 Å². The van der Waals surface area contributed by atoms with Gasteiger partial charge in [0.25, 0.3) is 0 Å². The van der Waals surface area contributed by atoms with Crippen molar-refractivity contribution in [3.05, 3.63) is 30.1 Å². The molecular weight excluding hydrogens is 333 g/mol. The fourth-order valence-corrected chi connectivity index (χ4v) is 2.54. The second kappa shape index (κ2) is 17.3. The Morgan fingerprint density at radius 3 is 1.08 bits per heavy atom. The van der Waals surface area contributed by atoms with Crippen LogP contribution in [0.15, 0.2) is 24.3 Å². The molecule has 0 amide bonds. The van der Waals surface area contributed by atoms with Crippen molar-refractivity contribution in [3.8, 4) is 0 Å². The first-order chi connectivity index (χ1) is 12.8. The standard InChI is InChI=1S/C6H6FN.3C5H10O/c7-5-3-1-2-4-6(5)8;3*1-2-4-6-5-3-1/h1-4H,8H2;3*1-5H2. The van der Waals surface area contributed by atoms with Crippen molar-refractivity contribution in [1.29, 1.82) is 0 Å². The molecule has 0 saturated carbocycles. The molecule has 0 atom stereocenters. The van der Waals surface area contributed by atoms with E-state index in [1.807, 2.05) is 0 Å². The van der Waals surface area contributed by atoms with E-state index in [2.05, 4.69) is 0 Å². The number of rotatable bonds is 0. The average Bonchev–Trinajstić information content (AvgIpc) is 2.75. The maximum absolute atomic E-state index is 12.2. The van der Waals surface area contributed by atoms with Crippen molar-refractivity contribution in [1.82, 2.24) is 0 Å². The zero-order valence-corrected chi connectivity index (χ0v) is 16.1. The third-order valence-electron chi connectivity index (χ3n) is 4.14. The predicted octanol–water partition coefficient (Wildman–Crippen LogP) is 4.97. The van der Waals surface area contributed by atoms with Gasteiger partial charge >= 0.3 is 0 Å². The first-order valence-electron chi connectivity index (χ1n) is 10.0. The van der Waals surface area contributed by atoms with E-state index in [0.29, 0.717) is 0 Å². The van der Waals surface area contributed by atoms with E-state index in [-0.39, 0.29) is 11.5 Å². The first kappa shape index (κ1) is 22.9. The van der Waals surface area contributed by atoms with Gasteiger partial charge in [0.15, 0.2) is 0 Å². The zero-order valence-electron chi connectivity index (χ0n) is 16.1. The molecule has 3 fully saturated rings. The summed E-state index contributed by atoms with van der Waals surface area (Å²) in [5.41, 5.74) is 5.35. The Morgan fingerprint density at radius 2 is 0.923 bits per heavy atom. The predicted molar refractivity (Wildman–Crippen MR) is 105 cm³/mol. The molecule has 3 aliphatic rings. The third kappa shape index (κ3) is 14.0. The number of halogens is 1.